The van der Waals surface area contributed by atoms with E-state index >= 15 is 0 Å². The van der Waals surface area contributed by atoms with Crippen LogP contribution in [-0.2, 0) is 11.2 Å². The molecule has 2 aromatic carbocycles. The first kappa shape index (κ1) is 19.6. The standard InChI is InChI=1S/C23H26N4OS/c1-17-20(15-18-9-3-2-4-10-18)26-23(24-17)29-16-22(28)25-19-11-5-6-12-21(19)27-13-7-8-14-27/h2-6,9-12H,7-8,13-16H2,1H3,(H,24,26)(H,25,28). The van der Waals surface area contributed by atoms with E-state index in [1.807, 2.05) is 43.3 Å². The van der Waals surface area contributed by atoms with Crippen LogP contribution in [0.4, 0.5) is 11.4 Å². The highest BCUT2D eigenvalue weighted by Crippen LogP contribution is 2.29. The number of rotatable bonds is 7. The maximum atomic E-state index is 12.5. The number of aromatic nitrogens is 2. The van der Waals surface area contributed by atoms with Crippen molar-refractivity contribution in [1.82, 2.24) is 9.97 Å². The van der Waals surface area contributed by atoms with Crippen molar-refractivity contribution >= 4 is 29.0 Å². The van der Waals surface area contributed by atoms with Crippen LogP contribution in [0.5, 0.6) is 0 Å². The molecule has 1 aromatic heterocycles. The van der Waals surface area contributed by atoms with E-state index in [1.54, 1.807) is 0 Å². The summed E-state index contributed by atoms with van der Waals surface area (Å²) in [6.45, 7) is 4.14. The van der Waals surface area contributed by atoms with Crippen molar-refractivity contribution in [3.63, 3.8) is 0 Å². The van der Waals surface area contributed by atoms with Crippen LogP contribution in [0.3, 0.4) is 0 Å². The van der Waals surface area contributed by atoms with Crippen LogP contribution in [0.15, 0.2) is 59.8 Å². The van der Waals surface area contributed by atoms with Gasteiger partial charge in [-0.3, -0.25) is 4.79 Å². The Morgan fingerprint density at radius 3 is 2.62 bits per heavy atom. The molecule has 0 aliphatic carbocycles. The predicted molar refractivity (Wildman–Crippen MR) is 120 cm³/mol. The predicted octanol–water partition coefficient (Wildman–Crippen LogP) is 4.64. The molecule has 0 radical (unpaired) electrons. The first-order valence-electron chi connectivity index (χ1n) is 10.0. The number of aryl methyl sites for hydroxylation is 1. The molecule has 29 heavy (non-hydrogen) atoms. The number of benzene rings is 2. The number of aromatic amines is 1. The quantitative estimate of drug-likeness (QED) is 0.561. The van der Waals surface area contributed by atoms with E-state index in [1.165, 1.54) is 30.2 Å². The highest BCUT2D eigenvalue weighted by atomic mass is 32.2. The topological polar surface area (TPSA) is 61.0 Å². The molecule has 0 atom stereocenters. The molecule has 1 amide bonds. The number of hydrogen-bond acceptors (Lipinski definition) is 4. The summed E-state index contributed by atoms with van der Waals surface area (Å²) in [5.41, 5.74) is 5.31. The van der Waals surface area contributed by atoms with E-state index in [9.17, 15) is 4.79 Å². The number of imidazole rings is 1. The van der Waals surface area contributed by atoms with E-state index in [0.29, 0.717) is 5.75 Å². The Bertz CT molecular complexity index is 964. The number of nitrogens with one attached hydrogen (secondary N) is 2. The van der Waals surface area contributed by atoms with Gasteiger partial charge in [-0.15, -0.1) is 0 Å². The minimum atomic E-state index is -0.0136. The van der Waals surface area contributed by atoms with E-state index in [-0.39, 0.29) is 5.91 Å². The van der Waals surface area contributed by atoms with Gasteiger partial charge >= 0.3 is 0 Å². The minimum Gasteiger partial charge on any atom is -0.370 e. The molecule has 2 heterocycles. The second-order valence-corrected chi connectivity index (χ2v) is 8.29. The van der Waals surface area contributed by atoms with Crippen molar-refractivity contribution in [2.45, 2.75) is 31.3 Å². The zero-order valence-electron chi connectivity index (χ0n) is 16.6. The molecule has 5 nitrogen and oxygen atoms in total. The van der Waals surface area contributed by atoms with Crippen LogP contribution in [0.1, 0.15) is 29.8 Å². The summed E-state index contributed by atoms with van der Waals surface area (Å²) in [7, 11) is 0. The van der Waals surface area contributed by atoms with Crippen LogP contribution in [-0.4, -0.2) is 34.7 Å². The Balaban J connectivity index is 1.35. The van der Waals surface area contributed by atoms with Crippen molar-refractivity contribution in [2.24, 2.45) is 0 Å². The fourth-order valence-corrected chi connectivity index (χ4v) is 4.37. The molecule has 6 heteroatoms. The molecule has 0 saturated carbocycles. The Morgan fingerprint density at radius 1 is 1.10 bits per heavy atom. The lowest BCUT2D eigenvalue weighted by molar-refractivity contribution is -0.113. The fourth-order valence-electron chi connectivity index (χ4n) is 3.63. The number of thioether (sulfide) groups is 1. The van der Waals surface area contributed by atoms with Crippen molar-refractivity contribution in [1.29, 1.82) is 0 Å². The fraction of sp³-hybridized carbons (Fsp3) is 0.304. The number of nitrogens with zero attached hydrogens (tertiary/aromatic N) is 2. The number of amides is 1. The summed E-state index contributed by atoms with van der Waals surface area (Å²) < 4.78 is 0. The van der Waals surface area contributed by atoms with Crippen molar-refractivity contribution in [3.8, 4) is 0 Å². The third-order valence-electron chi connectivity index (χ3n) is 5.14. The Kier molecular flexibility index (Phi) is 6.20. The van der Waals surface area contributed by atoms with Crippen molar-refractivity contribution < 1.29 is 4.79 Å². The molecule has 2 N–H and O–H groups in total. The van der Waals surface area contributed by atoms with E-state index in [0.717, 1.165) is 47.4 Å². The Morgan fingerprint density at radius 2 is 1.83 bits per heavy atom. The molecular formula is C23H26N4OS. The van der Waals surface area contributed by atoms with Gasteiger partial charge in [0.1, 0.15) is 0 Å². The van der Waals surface area contributed by atoms with E-state index < -0.39 is 0 Å². The van der Waals surface area contributed by atoms with Crippen molar-refractivity contribution in [3.05, 3.63) is 71.5 Å². The second kappa shape index (κ2) is 9.18. The summed E-state index contributed by atoms with van der Waals surface area (Å²) in [4.78, 5) is 22.9. The number of para-hydroxylation sites is 2. The highest BCUT2D eigenvalue weighted by molar-refractivity contribution is 7.99. The van der Waals surface area contributed by atoms with Gasteiger partial charge in [-0.05, 0) is 37.5 Å². The average Bonchev–Trinajstić information content (AvgIpc) is 3.38. The van der Waals surface area contributed by atoms with Gasteiger partial charge in [0, 0.05) is 25.2 Å². The zero-order valence-corrected chi connectivity index (χ0v) is 17.5. The number of hydrogen-bond donors (Lipinski definition) is 2. The normalized spacial score (nSPS) is 13.6. The van der Waals surface area contributed by atoms with Gasteiger partial charge in [0.05, 0.1) is 22.8 Å². The molecule has 150 valence electrons. The molecule has 1 aliphatic heterocycles. The van der Waals surface area contributed by atoms with Gasteiger partial charge < -0.3 is 15.2 Å². The van der Waals surface area contributed by atoms with Gasteiger partial charge in [-0.2, -0.15) is 0 Å². The molecule has 0 unspecified atom stereocenters. The van der Waals surface area contributed by atoms with Gasteiger partial charge in [0.15, 0.2) is 5.16 Å². The molecule has 0 spiro atoms. The third-order valence-corrected chi connectivity index (χ3v) is 6.02. The molecular weight excluding hydrogens is 380 g/mol. The summed E-state index contributed by atoms with van der Waals surface area (Å²) in [5, 5.41) is 3.86. The maximum absolute atomic E-state index is 12.5. The zero-order chi connectivity index (χ0) is 20.1. The molecule has 4 rings (SSSR count). The molecule has 1 fully saturated rings. The molecule has 3 aromatic rings. The summed E-state index contributed by atoms with van der Waals surface area (Å²) in [5.74, 6) is 0.312. The number of anilines is 2. The van der Waals surface area contributed by atoms with Gasteiger partial charge in [0.25, 0.3) is 0 Å². The lowest BCUT2D eigenvalue weighted by atomic mass is 10.1. The first-order chi connectivity index (χ1) is 14.2. The Hall–Kier alpha value is -2.73. The van der Waals surface area contributed by atoms with Crippen LogP contribution in [0, 0.1) is 6.92 Å². The summed E-state index contributed by atoms with van der Waals surface area (Å²) in [6.07, 6.45) is 3.21. The Labute approximate surface area is 175 Å². The highest BCUT2D eigenvalue weighted by Gasteiger charge is 2.17. The second-order valence-electron chi connectivity index (χ2n) is 7.32. The van der Waals surface area contributed by atoms with Crippen molar-refractivity contribution in [2.75, 3.05) is 29.1 Å². The minimum absolute atomic E-state index is 0.0136. The lowest BCUT2D eigenvalue weighted by Gasteiger charge is -2.21. The number of carbonyl (C=O) groups is 1. The largest absolute Gasteiger partial charge is 0.370 e. The third kappa shape index (κ3) is 5.01. The summed E-state index contributed by atoms with van der Waals surface area (Å²) >= 11 is 1.44. The smallest absolute Gasteiger partial charge is 0.234 e. The van der Waals surface area contributed by atoms with Crippen LogP contribution < -0.4 is 10.2 Å². The molecule has 1 saturated heterocycles. The van der Waals surface area contributed by atoms with Gasteiger partial charge in [0.2, 0.25) is 5.91 Å². The maximum Gasteiger partial charge on any atom is 0.234 e. The number of carbonyl (C=O) groups excluding carboxylic acids is 1. The van der Waals surface area contributed by atoms with Gasteiger partial charge in [-0.25, -0.2) is 4.98 Å². The number of H-pyrrole nitrogens is 1. The first-order valence-corrected chi connectivity index (χ1v) is 11.0. The summed E-state index contributed by atoms with van der Waals surface area (Å²) in [6, 6.07) is 18.4. The lowest BCUT2D eigenvalue weighted by Crippen LogP contribution is -2.21. The molecule has 0 bridgehead atoms. The van der Waals surface area contributed by atoms with Crippen LogP contribution >= 0.6 is 11.8 Å². The van der Waals surface area contributed by atoms with E-state index in [2.05, 4.69) is 38.4 Å². The monoisotopic (exact) mass is 406 g/mol. The van der Waals surface area contributed by atoms with Crippen LogP contribution in [0.25, 0.3) is 0 Å². The SMILES string of the molecule is Cc1[nH]c(SCC(=O)Nc2ccccc2N2CCCC2)nc1Cc1ccccc1. The van der Waals surface area contributed by atoms with E-state index in [4.69, 9.17) is 0 Å². The van der Waals surface area contributed by atoms with Crippen LogP contribution in [0.2, 0.25) is 0 Å². The average molecular weight is 407 g/mol. The van der Waals surface area contributed by atoms with Gasteiger partial charge in [-0.1, -0.05) is 54.2 Å². The molecule has 1 aliphatic rings.